The van der Waals surface area contributed by atoms with Gasteiger partial charge in [-0.25, -0.2) is 21.6 Å². The summed E-state index contributed by atoms with van der Waals surface area (Å²) in [6.45, 7) is 0. The molecule has 6 nitrogen and oxygen atoms in total. The van der Waals surface area contributed by atoms with E-state index >= 15 is 0 Å². The molecule has 0 unspecified atom stereocenters. The number of aromatic carboxylic acids is 1. The fraction of sp³-hybridized carbons (Fsp3) is 0. The maximum absolute atomic E-state index is 12.8. The van der Waals surface area contributed by atoms with Crippen molar-refractivity contribution in [3.05, 3.63) is 84.4 Å². The Morgan fingerprint density at radius 2 is 0.963 bits per heavy atom. The van der Waals surface area contributed by atoms with Crippen LogP contribution in [0.25, 0.3) is 0 Å². The molecule has 8 heteroatoms. The molecule has 0 amide bonds. The summed E-state index contributed by atoms with van der Waals surface area (Å²) < 4.78 is 51.3. The molecular formula is C19H14O6S2. The lowest BCUT2D eigenvalue weighted by molar-refractivity contribution is 0.0696. The highest BCUT2D eigenvalue weighted by Crippen LogP contribution is 2.28. The fourth-order valence-corrected chi connectivity index (χ4v) is 5.26. The lowest BCUT2D eigenvalue weighted by Gasteiger charge is -2.10. The Balaban J connectivity index is 2.26. The standard InChI is InChI=1S/C19H14O6S2/c20-19(21)14-11-17(26(22,23)15-7-3-1-4-8-15)13-18(12-14)27(24,25)16-9-5-2-6-10-16/h1-13H,(H,20,21). The first-order valence-corrected chi connectivity index (χ1v) is 10.7. The molecule has 3 aromatic rings. The number of carboxylic acids is 1. The van der Waals surface area contributed by atoms with Crippen LogP contribution in [-0.2, 0) is 19.7 Å². The number of sulfone groups is 2. The van der Waals surface area contributed by atoms with Gasteiger partial charge >= 0.3 is 5.97 Å². The molecule has 0 aliphatic heterocycles. The second-order valence-corrected chi connectivity index (χ2v) is 9.53. The van der Waals surface area contributed by atoms with Gasteiger partial charge in [0.05, 0.1) is 25.1 Å². The molecule has 0 atom stereocenters. The van der Waals surface area contributed by atoms with E-state index in [1.165, 1.54) is 48.5 Å². The van der Waals surface area contributed by atoms with Crippen LogP contribution in [0.1, 0.15) is 10.4 Å². The molecule has 0 fully saturated rings. The maximum atomic E-state index is 12.8. The van der Waals surface area contributed by atoms with E-state index in [1.54, 1.807) is 12.1 Å². The Morgan fingerprint density at radius 3 is 1.30 bits per heavy atom. The number of rotatable bonds is 5. The van der Waals surface area contributed by atoms with E-state index in [2.05, 4.69) is 0 Å². The molecule has 0 aromatic heterocycles. The highest BCUT2D eigenvalue weighted by Gasteiger charge is 2.25. The summed E-state index contributed by atoms with van der Waals surface area (Å²) >= 11 is 0. The van der Waals surface area contributed by atoms with E-state index in [0.29, 0.717) is 0 Å². The SMILES string of the molecule is O=C(O)c1cc(S(=O)(=O)c2ccccc2)cc(S(=O)(=O)c2ccccc2)c1. The van der Waals surface area contributed by atoms with Gasteiger partial charge in [-0.1, -0.05) is 36.4 Å². The first-order valence-electron chi connectivity index (χ1n) is 7.71. The highest BCUT2D eigenvalue weighted by molar-refractivity contribution is 7.92. The zero-order valence-corrected chi connectivity index (χ0v) is 15.4. The van der Waals surface area contributed by atoms with Crippen molar-refractivity contribution in [2.45, 2.75) is 19.6 Å². The third-order valence-corrected chi connectivity index (χ3v) is 7.35. The monoisotopic (exact) mass is 402 g/mol. The average Bonchev–Trinajstić information content (AvgIpc) is 2.69. The number of carbonyl (C=O) groups is 1. The van der Waals surface area contributed by atoms with Gasteiger partial charge in [0.2, 0.25) is 19.7 Å². The molecular weight excluding hydrogens is 388 g/mol. The van der Waals surface area contributed by atoms with Crippen molar-refractivity contribution in [3.8, 4) is 0 Å². The Labute approximate surface area is 156 Å². The topological polar surface area (TPSA) is 106 Å². The van der Waals surface area contributed by atoms with Crippen LogP contribution in [0.2, 0.25) is 0 Å². The summed E-state index contributed by atoms with van der Waals surface area (Å²) in [7, 11) is -8.18. The number of hydrogen-bond acceptors (Lipinski definition) is 5. The molecule has 0 bridgehead atoms. The van der Waals surface area contributed by atoms with Crippen LogP contribution >= 0.6 is 0 Å². The van der Waals surface area contributed by atoms with Crippen LogP contribution in [0.3, 0.4) is 0 Å². The molecule has 0 spiro atoms. The van der Waals surface area contributed by atoms with Crippen LogP contribution in [0.15, 0.2) is 98.4 Å². The predicted octanol–water partition coefficient (Wildman–Crippen LogP) is 3.05. The van der Waals surface area contributed by atoms with E-state index in [1.807, 2.05) is 0 Å². The molecule has 0 aliphatic carbocycles. The second-order valence-electron chi connectivity index (χ2n) is 5.63. The van der Waals surface area contributed by atoms with Crippen molar-refractivity contribution in [3.63, 3.8) is 0 Å². The average molecular weight is 402 g/mol. The molecule has 0 heterocycles. The van der Waals surface area contributed by atoms with E-state index in [4.69, 9.17) is 0 Å². The Hall–Kier alpha value is -2.97. The summed E-state index contributed by atoms with van der Waals surface area (Å²) in [6.07, 6.45) is 0. The van der Waals surface area contributed by atoms with Crippen molar-refractivity contribution >= 4 is 25.6 Å². The largest absolute Gasteiger partial charge is 0.478 e. The molecule has 0 aliphatic rings. The van der Waals surface area contributed by atoms with Gasteiger partial charge in [-0.2, -0.15) is 0 Å². The number of carboxylic acid groups (broad SMARTS) is 1. The first-order chi connectivity index (χ1) is 12.7. The van der Waals surface area contributed by atoms with Crippen molar-refractivity contribution < 1.29 is 26.7 Å². The van der Waals surface area contributed by atoms with E-state index in [0.717, 1.165) is 18.2 Å². The fourth-order valence-electron chi connectivity index (χ4n) is 2.48. The zero-order valence-electron chi connectivity index (χ0n) is 13.8. The normalized spacial score (nSPS) is 11.9. The summed E-state index contributed by atoms with van der Waals surface area (Å²) in [5.41, 5.74) is -0.429. The summed E-state index contributed by atoms with van der Waals surface area (Å²) in [6, 6.07) is 17.7. The van der Waals surface area contributed by atoms with Crippen molar-refractivity contribution in [1.29, 1.82) is 0 Å². The predicted molar refractivity (Wildman–Crippen MR) is 97.2 cm³/mol. The van der Waals surface area contributed by atoms with Crippen molar-refractivity contribution in [2.24, 2.45) is 0 Å². The van der Waals surface area contributed by atoms with Crippen LogP contribution in [-0.4, -0.2) is 27.9 Å². The molecule has 27 heavy (non-hydrogen) atoms. The molecule has 3 aromatic carbocycles. The van der Waals surface area contributed by atoms with Gasteiger partial charge in [0, 0.05) is 0 Å². The van der Waals surface area contributed by atoms with Gasteiger partial charge in [-0.15, -0.1) is 0 Å². The molecule has 0 saturated carbocycles. The van der Waals surface area contributed by atoms with Gasteiger partial charge in [-0.05, 0) is 42.5 Å². The van der Waals surface area contributed by atoms with Crippen molar-refractivity contribution in [2.75, 3.05) is 0 Å². The number of benzene rings is 3. The van der Waals surface area contributed by atoms with Gasteiger partial charge < -0.3 is 5.11 Å². The van der Waals surface area contributed by atoms with E-state index in [-0.39, 0.29) is 9.79 Å². The second kappa shape index (κ2) is 6.98. The summed E-state index contributed by atoms with van der Waals surface area (Å²) in [5.74, 6) is -1.43. The van der Waals surface area contributed by atoms with E-state index < -0.39 is 41.0 Å². The van der Waals surface area contributed by atoms with Crippen LogP contribution < -0.4 is 0 Å². The minimum atomic E-state index is -4.09. The minimum absolute atomic E-state index is 0.0596. The Morgan fingerprint density at radius 1 is 0.593 bits per heavy atom. The third-order valence-electron chi connectivity index (χ3n) is 3.85. The van der Waals surface area contributed by atoms with Gasteiger partial charge in [-0.3, -0.25) is 0 Å². The third kappa shape index (κ3) is 3.62. The quantitative estimate of drug-likeness (QED) is 0.703. The van der Waals surface area contributed by atoms with Crippen LogP contribution in [0.4, 0.5) is 0 Å². The zero-order chi connectivity index (χ0) is 19.7. The van der Waals surface area contributed by atoms with Crippen molar-refractivity contribution in [1.82, 2.24) is 0 Å². The van der Waals surface area contributed by atoms with Crippen LogP contribution in [0.5, 0.6) is 0 Å². The van der Waals surface area contributed by atoms with Gasteiger partial charge in [0.25, 0.3) is 0 Å². The van der Waals surface area contributed by atoms with Crippen LogP contribution in [0, 0.1) is 0 Å². The first kappa shape index (κ1) is 18.8. The maximum Gasteiger partial charge on any atom is 0.335 e. The summed E-state index contributed by atoms with van der Waals surface area (Å²) in [5, 5.41) is 9.32. The molecule has 0 radical (unpaired) electrons. The molecule has 1 N–H and O–H groups in total. The minimum Gasteiger partial charge on any atom is -0.478 e. The highest BCUT2D eigenvalue weighted by atomic mass is 32.2. The molecule has 138 valence electrons. The lowest BCUT2D eigenvalue weighted by Crippen LogP contribution is -2.09. The smallest absolute Gasteiger partial charge is 0.335 e. The number of hydrogen-bond donors (Lipinski definition) is 1. The Kier molecular flexibility index (Phi) is 4.86. The van der Waals surface area contributed by atoms with Gasteiger partial charge in [0.15, 0.2) is 0 Å². The van der Waals surface area contributed by atoms with Gasteiger partial charge in [0.1, 0.15) is 0 Å². The molecule has 3 rings (SSSR count). The molecule has 0 saturated heterocycles. The summed E-state index contributed by atoms with van der Waals surface area (Å²) in [4.78, 5) is 10.5. The Bertz CT molecular complexity index is 1110. The van der Waals surface area contributed by atoms with E-state index in [9.17, 15) is 26.7 Å². The lowest BCUT2D eigenvalue weighted by atomic mass is 10.2.